The Morgan fingerprint density at radius 3 is 2.59 bits per heavy atom. The Balaban J connectivity index is 2.12. The van der Waals surface area contributed by atoms with Crippen molar-refractivity contribution in [2.45, 2.75) is 39.0 Å². The first kappa shape index (κ1) is 13.1. The van der Waals surface area contributed by atoms with E-state index in [9.17, 15) is 5.11 Å². The Kier molecular flexibility index (Phi) is 4.26. The second-order valence-corrected chi connectivity index (χ2v) is 5.95. The Morgan fingerprint density at radius 1 is 1.47 bits per heavy atom. The molecule has 0 radical (unpaired) electrons. The number of aliphatic hydroxyl groups is 1. The van der Waals surface area contributed by atoms with Gasteiger partial charge in [0.15, 0.2) is 0 Å². The fourth-order valence-corrected chi connectivity index (χ4v) is 3.46. The number of aliphatic hydroxyl groups excluding tert-OH is 1. The van der Waals surface area contributed by atoms with Crippen molar-refractivity contribution in [3.8, 4) is 0 Å². The minimum atomic E-state index is 0.293. The molecular formula is C13H21BrN2O. The molecule has 1 N–H and O–H groups in total. The van der Waals surface area contributed by atoms with Gasteiger partial charge in [-0.15, -0.1) is 0 Å². The molecule has 3 nitrogen and oxygen atoms in total. The predicted octanol–water partition coefficient (Wildman–Crippen LogP) is 2.83. The van der Waals surface area contributed by atoms with Gasteiger partial charge in [0.1, 0.15) is 0 Å². The minimum Gasteiger partial charge on any atom is -0.396 e. The lowest BCUT2D eigenvalue weighted by Crippen LogP contribution is -2.20. The first-order valence-electron chi connectivity index (χ1n) is 6.42. The van der Waals surface area contributed by atoms with E-state index in [-0.39, 0.29) is 0 Å². The molecule has 0 spiro atoms. The normalized spacial score (nSPS) is 18.8. The standard InChI is InChI=1S/C13H21BrN2O/c1-9-13(14)12(16(2)15-9)7-11(8-17)10-5-3-4-6-10/h10-11,17H,3-8H2,1-2H3. The molecule has 17 heavy (non-hydrogen) atoms. The number of aryl methyl sites for hydroxylation is 2. The van der Waals surface area contributed by atoms with Crippen LogP contribution in [0.3, 0.4) is 0 Å². The molecule has 1 fully saturated rings. The van der Waals surface area contributed by atoms with Gasteiger partial charge in [0, 0.05) is 13.7 Å². The van der Waals surface area contributed by atoms with E-state index in [1.54, 1.807) is 0 Å². The lowest BCUT2D eigenvalue weighted by molar-refractivity contribution is 0.173. The minimum absolute atomic E-state index is 0.293. The van der Waals surface area contributed by atoms with Crippen molar-refractivity contribution in [3.63, 3.8) is 0 Å². The van der Waals surface area contributed by atoms with Gasteiger partial charge < -0.3 is 5.11 Å². The molecule has 1 aromatic heterocycles. The van der Waals surface area contributed by atoms with Crippen molar-refractivity contribution in [2.24, 2.45) is 18.9 Å². The van der Waals surface area contributed by atoms with Gasteiger partial charge in [-0.25, -0.2) is 0 Å². The largest absolute Gasteiger partial charge is 0.396 e. The highest BCUT2D eigenvalue weighted by Gasteiger charge is 2.26. The maximum Gasteiger partial charge on any atom is 0.0738 e. The highest BCUT2D eigenvalue weighted by atomic mass is 79.9. The summed E-state index contributed by atoms with van der Waals surface area (Å²) in [6.45, 7) is 2.30. The van der Waals surface area contributed by atoms with E-state index in [1.807, 2.05) is 18.7 Å². The third-order valence-electron chi connectivity index (χ3n) is 4.02. The highest BCUT2D eigenvalue weighted by Crippen LogP contribution is 2.34. The van der Waals surface area contributed by atoms with Crippen LogP contribution in [0.15, 0.2) is 4.47 Å². The van der Waals surface area contributed by atoms with Crippen molar-refractivity contribution in [1.29, 1.82) is 0 Å². The van der Waals surface area contributed by atoms with Crippen LogP contribution in [0.5, 0.6) is 0 Å². The smallest absolute Gasteiger partial charge is 0.0738 e. The summed E-state index contributed by atoms with van der Waals surface area (Å²) in [5.74, 6) is 1.09. The summed E-state index contributed by atoms with van der Waals surface area (Å²) < 4.78 is 3.05. The van der Waals surface area contributed by atoms with Gasteiger partial charge in [-0.2, -0.15) is 5.10 Å². The molecular weight excluding hydrogens is 280 g/mol. The van der Waals surface area contributed by atoms with Crippen LogP contribution in [-0.2, 0) is 13.5 Å². The summed E-state index contributed by atoms with van der Waals surface area (Å²) in [5.41, 5.74) is 2.25. The maximum atomic E-state index is 9.59. The van der Waals surface area contributed by atoms with Crippen molar-refractivity contribution in [1.82, 2.24) is 9.78 Å². The first-order valence-corrected chi connectivity index (χ1v) is 7.21. The number of rotatable bonds is 4. The molecule has 0 aliphatic heterocycles. The third kappa shape index (κ3) is 2.74. The molecule has 1 saturated carbocycles. The number of aromatic nitrogens is 2. The first-order chi connectivity index (χ1) is 8.13. The lowest BCUT2D eigenvalue weighted by atomic mass is 9.87. The van der Waals surface area contributed by atoms with Crippen LogP contribution in [0.1, 0.15) is 37.1 Å². The van der Waals surface area contributed by atoms with E-state index in [0.29, 0.717) is 18.4 Å². The maximum absolute atomic E-state index is 9.59. The van der Waals surface area contributed by atoms with Crippen LogP contribution in [-0.4, -0.2) is 21.5 Å². The molecule has 0 amide bonds. The van der Waals surface area contributed by atoms with Crippen LogP contribution >= 0.6 is 15.9 Å². The Labute approximate surface area is 111 Å². The summed E-state index contributed by atoms with van der Waals surface area (Å²) in [6.07, 6.45) is 6.14. The Morgan fingerprint density at radius 2 is 2.12 bits per heavy atom. The molecule has 1 aliphatic carbocycles. The molecule has 96 valence electrons. The van der Waals surface area contributed by atoms with Gasteiger partial charge in [-0.1, -0.05) is 25.7 Å². The van der Waals surface area contributed by atoms with E-state index in [0.717, 1.165) is 16.6 Å². The van der Waals surface area contributed by atoms with Crippen LogP contribution < -0.4 is 0 Å². The number of hydrogen-bond acceptors (Lipinski definition) is 2. The molecule has 1 unspecified atom stereocenters. The molecule has 1 atom stereocenters. The van der Waals surface area contributed by atoms with Crippen molar-refractivity contribution < 1.29 is 5.11 Å². The molecule has 0 aromatic carbocycles. The molecule has 0 bridgehead atoms. The molecule has 1 aromatic rings. The van der Waals surface area contributed by atoms with Crippen molar-refractivity contribution in [2.75, 3.05) is 6.61 Å². The van der Waals surface area contributed by atoms with Crippen LogP contribution in [0.2, 0.25) is 0 Å². The zero-order chi connectivity index (χ0) is 12.4. The average Bonchev–Trinajstić information content (AvgIpc) is 2.89. The number of halogens is 1. The zero-order valence-corrected chi connectivity index (χ0v) is 12.2. The monoisotopic (exact) mass is 300 g/mol. The molecule has 4 heteroatoms. The average molecular weight is 301 g/mol. The van der Waals surface area contributed by atoms with E-state index < -0.39 is 0 Å². The van der Waals surface area contributed by atoms with Gasteiger partial charge in [-0.05, 0) is 41.1 Å². The summed E-state index contributed by atoms with van der Waals surface area (Å²) in [5, 5.41) is 14.0. The fourth-order valence-electron chi connectivity index (χ4n) is 2.96. The summed E-state index contributed by atoms with van der Waals surface area (Å²) in [6, 6.07) is 0. The second kappa shape index (κ2) is 5.53. The van der Waals surface area contributed by atoms with E-state index in [1.165, 1.54) is 31.4 Å². The van der Waals surface area contributed by atoms with E-state index in [4.69, 9.17) is 0 Å². The van der Waals surface area contributed by atoms with Gasteiger partial charge >= 0.3 is 0 Å². The number of nitrogens with zero attached hydrogens (tertiary/aromatic N) is 2. The molecule has 0 saturated heterocycles. The lowest BCUT2D eigenvalue weighted by Gasteiger charge is -2.21. The zero-order valence-electron chi connectivity index (χ0n) is 10.6. The van der Waals surface area contributed by atoms with Crippen molar-refractivity contribution in [3.05, 3.63) is 15.9 Å². The second-order valence-electron chi connectivity index (χ2n) is 5.16. The van der Waals surface area contributed by atoms with Gasteiger partial charge in [-0.3, -0.25) is 4.68 Å². The fraction of sp³-hybridized carbons (Fsp3) is 0.769. The Hall–Kier alpha value is -0.350. The molecule has 1 aliphatic rings. The number of hydrogen-bond donors (Lipinski definition) is 1. The van der Waals surface area contributed by atoms with E-state index >= 15 is 0 Å². The predicted molar refractivity (Wildman–Crippen MR) is 71.9 cm³/mol. The Bertz CT molecular complexity index is 383. The van der Waals surface area contributed by atoms with Crippen LogP contribution in [0.4, 0.5) is 0 Å². The summed E-state index contributed by atoms with van der Waals surface area (Å²) >= 11 is 3.60. The summed E-state index contributed by atoms with van der Waals surface area (Å²) in [4.78, 5) is 0. The van der Waals surface area contributed by atoms with Crippen molar-refractivity contribution >= 4 is 15.9 Å². The quantitative estimate of drug-likeness (QED) is 0.928. The van der Waals surface area contributed by atoms with Gasteiger partial charge in [0.2, 0.25) is 0 Å². The van der Waals surface area contributed by atoms with Crippen LogP contribution in [0, 0.1) is 18.8 Å². The van der Waals surface area contributed by atoms with Gasteiger partial charge in [0.25, 0.3) is 0 Å². The highest BCUT2D eigenvalue weighted by molar-refractivity contribution is 9.10. The molecule has 2 rings (SSSR count). The SMILES string of the molecule is Cc1nn(C)c(CC(CO)C2CCCC2)c1Br. The topological polar surface area (TPSA) is 38.0 Å². The van der Waals surface area contributed by atoms with Gasteiger partial charge in [0.05, 0.1) is 15.9 Å². The van der Waals surface area contributed by atoms with E-state index in [2.05, 4.69) is 21.0 Å². The van der Waals surface area contributed by atoms with Crippen LogP contribution in [0.25, 0.3) is 0 Å². The molecule has 1 heterocycles. The third-order valence-corrected chi connectivity index (χ3v) is 5.05. The summed E-state index contributed by atoms with van der Waals surface area (Å²) in [7, 11) is 1.98.